The predicted molar refractivity (Wildman–Crippen MR) is 95.8 cm³/mol. The molecular formula is C19H33NO3. The van der Waals surface area contributed by atoms with Crippen molar-refractivity contribution >= 4 is 5.91 Å². The Morgan fingerprint density at radius 1 is 1.04 bits per heavy atom. The molecule has 0 radical (unpaired) electrons. The molecule has 0 saturated carbocycles. The highest BCUT2D eigenvalue weighted by Crippen LogP contribution is 2.39. The van der Waals surface area contributed by atoms with Gasteiger partial charge < -0.3 is 15.9 Å². The predicted octanol–water partition coefficient (Wildman–Crippen LogP) is 3.40. The number of rotatable bonds is 3. The first-order valence-corrected chi connectivity index (χ1v) is 8.10. The summed E-state index contributed by atoms with van der Waals surface area (Å²) in [6.07, 6.45) is 0.944. The van der Waals surface area contributed by atoms with Crippen molar-refractivity contribution in [1.82, 2.24) is 0 Å². The topological polar surface area (TPSA) is 83.6 Å². The lowest BCUT2D eigenvalue weighted by Crippen LogP contribution is -2.18. The van der Waals surface area contributed by atoms with E-state index in [2.05, 4.69) is 41.5 Å². The fraction of sp³-hybridized carbons (Fsp3) is 0.632. The number of aryl methyl sites for hydroxylation is 1. The van der Waals surface area contributed by atoms with E-state index in [-0.39, 0.29) is 23.3 Å². The summed E-state index contributed by atoms with van der Waals surface area (Å²) in [6.45, 7) is 14.4. The Bertz CT molecular complexity index is 487. The van der Waals surface area contributed by atoms with Crippen LogP contribution in [0.3, 0.4) is 0 Å². The maximum Gasteiger partial charge on any atom is 0.217 e. The zero-order valence-electron chi connectivity index (χ0n) is 15.7. The molecule has 0 aliphatic rings. The molecule has 0 aliphatic heterocycles. The van der Waals surface area contributed by atoms with E-state index in [1.807, 2.05) is 12.1 Å². The number of phenols is 1. The fourth-order valence-electron chi connectivity index (χ4n) is 2.25. The largest absolute Gasteiger partial charge is 0.507 e. The first-order chi connectivity index (χ1) is 10.3. The molecule has 1 aromatic rings. The highest BCUT2D eigenvalue weighted by molar-refractivity contribution is 5.74. The number of benzene rings is 1. The molecule has 0 bridgehead atoms. The zero-order valence-corrected chi connectivity index (χ0v) is 15.7. The number of primary amides is 1. The maximum absolute atomic E-state index is 11.0. The molecule has 0 unspecified atom stereocenters. The van der Waals surface area contributed by atoms with E-state index in [9.17, 15) is 9.90 Å². The molecule has 0 saturated heterocycles. The smallest absolute Gasteiger partial charge is 0.217 e. The highest BCUT2D eigenvalue weighted by atomic mass is 16.3. The van der Waals surface area contributed by atoms with Crippen LogP contribution in [0, 0.1) is 0 Å². The number of phenolic OH excluding ortho intramolecular Hbond substituents is 1. The molecule has 1 aromatic carbocycles. The van der Waals surface area contributed by atoms with Gasteiger partial charge in [-0.25, -0.2) is 0 Å². The van der Waals surface area contributed by atoms with Crippen LogP contribution in [-0.2, 0) is 22.0 Å². The van der Waals surface area contributed by atoms with Gasteiger partial charge in [0, 0.05) is 13.0 Å². The van der Waals surface area contributed by atoms with E-state index >= 15 is 0 Å². The second-order valence-electron chi connectivity index (χ2n) is 7.82. The summed E-state index contributed by atoms with van der Waals surface area (Å²) >= 11 is 0. The van der Waals surface area contributed by atoms with Crippen molar-refractivity contribution in [3.63, 3.8) is 0 Å². The summed E-state index contributed by atoms with van der Waals surface area (Å²) in [5.74, 6) is 0.0699. The third-order valence-electron chi connectivity index (χ3n) is 3.45. The molecule has 1 amide bonds. The molecule has 0 heterocycles. The summed E-state index contributed by atoms with van der Waals surface area (Å²) in [5.41, 5.74) is 7.83. The van der Waals surface area contributed by atoms with E-state index in [0.717, 1.165) is 16.7 Å². The van der Waals surface area contributed by atoms with Crippen LogP contribution in [-0.4, -0.2) is 22.7 Å². The first-order valence-electron chi connectivity index (χ1n) is 8.10. The number of hydrogen-bond donors (Lipinski definition) is 3. The Balaban J connectivity index is 0.00000149. The van der Waals surface area contributed by atoms with Crippen LogP contribution < -0.4 is 5.73 Å². The van der Waals surface area contributed by atoms with E-state index in [0.29, 0.717) is 18.6 Å². The summed E-state index contributed by atoms with van der Waals surface area (Å²) in [5, 5.41) is 18.1. The molecule has 0 aromatic heterocycles. The molecule has 0 fully saturated rings. The van der Waals surface area contributed by atoms with Crippen molar-refractivity contribution in [1.29, 1.82) is 0 Å². The highest BCUT2D eigenvalue weighted by Gasteiger charge is 2.26. The van der Waals surface area contributed by atoms with Gasteiger partial charge in [-0.2, -0.15) is 0 Å². The molecule has 4 N–H and O–H groups in total. The lowest BCUT2D eigenvalue weighted by Gasteiger charge is -2.28. The number of hydrogen-bond acceptors (Lipinski definition) is 3. The van der Waals surface area contributed by atoms with Gasteiger partial charge in [-0.05, 0) is 40.9 Å². The quantitative estimate of drug-likeness (QED) is 0.797. The Kier molecular flexibility index (Phi) is 7.78. The van der Waals surface area contributed by atoms with Gasteiger partial charge in [0.15, 0.2) is 0 Å². The molecule has 0 aliphatic carbocycles. The van der Waals surface area contributed by atoms with Gasteiger partial charge in [0.2, 0.25) is 5.91 Å². The zero-order chi connectivity index (χ0) is 18.4. The van der Waals surface area contributed by atoms with Crippen LogP contribution in [0.4, 0.5) is 0 Å². The number of carbonyl (C=O) groups excluding carboxylic acids is 1. The monoisotopic (exact) mass is 323 g/mol. The van der Waals surface area contributed by atoms with Crippen LogP contribution in [0.15, 0.2) is 12.1 Å². The molecule has 0 spiro atoms. The van der Waals surface area contributed by atoms with E-state index in [4.69, 9.17) is 10.8 Å². The van der Waals surface area contributed by atoms with Gasteiger partial charge in [0.05, 0.1) is 0 Å². The van der Waals surface area contributed by atoms with E-state index in [1.165, 1.54) is 0 Å². The van der Waals surface area contributed by atoms with Crippen LogP contribution >= 0.6 is 0 Å². The number of nitrogens with two attached hydrogens (primary N) is 1. The minimum Gasteiger partial charge on any atom is -0.507 e. The lowest BCUT2D eigenvalue weighted by atomic mass is 9.78. The van der Waals surface area contributed by atoms with E-state index in [1.54, 1.807) is 6.92 Å². The van der Waals surface area contributed by atoms with Gasteiger partial charge in [0.1, 0.15) is 5.75 Å². The Morgan fingerprint density at radius 2 is 1.39 bits per heavy atom. The van der Waals surface area contributed by atoms with Crippen molar-refractivity contribution in [3.05, 3.63) is 28.8 Å². The number of aliphatic hydroxyl groups excluding tert-OH is 1. The van der Waals surface area contributed by atoms with Crippen LogP contribution in [0.25, 0.3) is 0 Å². The average Bonchev–Trinajstić information content (AvgIpc) is 2.35. The summed E-state index contributed by atoms with van der Waals surface area (Å²) in [7, 11) is 0. The Labute approximate surface area is 140 Å². The van der Waals surface area contributed by atoms with E-state index < -0.39 is 0 Å². The minimum absolute atomic E-state index is 0.146. The second kappa shape index (κ2) is 8.34. The summed E-state index contributed by atoms with van der Waals surface area (Å²) < 4.78 is 0. The van der Waals surface area contributed by atoms with Crippen molar-refractivity contribution in [2.45, 2.75) is 72.1 Å². The number of amides is 1. The van der Waals surface area contributed by atoms with Crippen LogP contribution in [0.5, 0.6) is 5.75 Å². The Hall–Kier alpha value is -1.55. The van der Waals surface area contributed by atoms with Crippen molar-refractivity contribution < 1.29 is 15.0 Å². The maximum atomic E-state index is 11.0. The minimum atomic E-state index is -0.298. The second-order valence-corrected chi connectivity index (χ2v) is 7.82. The number of carbonyl (C=O) groups is 1. The summed E-state index contributed by atoms with van der Waals surface area (Å²) in [4.78, 5) is 11.0. The van der Waals surface area contributed by atoms with Crippen molar-refractivity contribution in [2.24, 2.45) is 5.73 Å². The molecule has 132 valence electrons. The number of aliphatic hydroxyl groups is 1. The third kappa shape index (κ3) is 7.04. The Morgan fingerprint density at radius 3 is 1.65 bits per heavy atom. The molecule has 1 rings (SSSR count). The summed E-state index contributed by atoms with van der Waals surface area (Å²) in [6, 6.07) is 3.99. The van der Waals surface area contributed by atoms with Crippen molar-refractivity contribution in [2.75, 3.05) is 6.61 Å². The first kappa shape index (κ1) is 21.4. The lowest BCUT2D eigenvalue weighted by molar-refractivity contribution is -0.117. The average molecular weight is 323 g/mol. The third-order valence-corrected chi connectivity index (χ3v) is 3.45. The molecular weight excluding hydrogens is 290 g/mol. The van der Waals surface area contributed by atoms with Gasteiger partial charge in [-0.3, -0.25) is 4.79 Å². The molecule has 4 nitrogen and oxygen atoms in total. The molecule has 0 atom stereocenters. The normalized spacial score (nSPS) is 11.7. The van der Waals surface area contributed by atoms with Gasteiger partial charge in [0.25, 0.3) is 0 Å². The van der Waals surface area contributed by atoms with Crippen LogP contribution in [0.2, 0.25) is 0 Å². The number of aromatic hydroxyl groups is 1. The standard InChI is InChI=1S/C17H27NO2.C2H6O/c1-16(2,3)12-9-11(7-8-14(18)19)10-13(15(12)20)17(4,5)6;1-2-3/h9-10,20H,7-8H2,1-6H3,(H2,18,19);3H,2H2,1H3. The fourth-order valence-corrected chi connectivity index (χ4v) is 2.25. The van der Waals surface area contributed by atoms with Gasteiger partial charge >= 0.3 is 0 Å². The van der Waals surface area contributed by atoms with Crippen molar-refractivity contribution in [3.8, 4) is 5.75 Å². The van der Waals surface area contributed by atoms with Gasteiger partial charge in [-0.15, -0.1) is 0 Å². The molecule has 4 heteroatoms. The SMILES string of the molecule is CC(C)(C)c1cc(CCC(N)=O)cc(C(C)(C)C)c1O.CCO. The van der Waals surface area contributed by atoms with Gasteiger partial charge in [-0.1, -0.05) is 53.7 Å². The molecule has 23 heavy (non-hydrogen) atoms. The van der Waals surface area contributed by atoms with Crippen LogP contribution in [0.1, 0.15) is 71.6 Å².